The van der Waals surface area contributed by atoms with Crippen LogP contribution in [0.15, 0.2) is 30.3 Å². The Hall–Kier alpha value is -3.11. The molecule has 0 fully saturated rings. The second-order valence-corrected chi connectivity index (χ2v) is 6.16. The Morgan fingerprint density at radius 1 is 1.07 bits per heavy atom. The maximum atomic E-state index is 14.3. The van der Waals surface area contributed by atoms with Gasteiger partial charge in [0.2, 0.25) is 5.91 Å². The first-order valence-corrected chi connectivity index (χ1v) is 8.69. The van der Waals surface area contributed by atoms with Crippen LogP contribution in [0.2, 0.25) is 0 Å². The number of rotatable bonds is 9. The number of hydrogen-bond donors (Lipinski definition) is 4. The largest absolute Gasteiger partial charge is 0.350 e. The van der Waals surface area contributed by atoms with Gasteiger partial charge in [-0.15, -0.1) is 0 Å². The molecule has 0 spiro atoms. The Kier molecular flexibility index (Phi) is 7.98. The fourth-order valence-corrected chi connectivity index (χ4v) is 2.41. The minimum absolute atomic E-state index is 0.0451. The maximum absolute atomic E-state index is 14.3. The molecule has 0 aliphatic carbocycles. The summed E-state index contributed by atoms with van der Waals surface area (Å²) in [7, 11) is 0. The van der Waals surface area contributed by atoms with Crippen molar-refractivity contribution in [1.82, 2.24) is 11.0 Å². The molecule has 29 heavy (non-hydrogen) atoms. The standard InChI is InChI=1S/C19H20F3N3O4/c1-11-5-8-15(14(21)10-11)23-18-12(6-7-13(20)17(18)22)19(27)25-29-9-3-2-4-16(26)24-28/h5-8,10,23,28H,2-4,9H2,1H3,(H,24,26)(H,25,27). The number of nitrogens with one attached hydrogen (secondary N) is 3. The van der Waals surface area contributed by atoms with E-state index in [1.165, 1.54) is 17.6 Å². The van der Waals surface area contributed by atoms with Crippen LogP contribution in [0.5, 0.6) is 0 Å². The van der Waals surface area contributed by atoms with E-state index in [1.807, 2.05) is 0 Å². The van der Waals surface area contributed by atoms with Crippen molar-refractivity contribution in [3.05, 3.63) is 58.9 Å². The van der Waals surface area contributed by atoms with Crippen molar-refractivity contribution < 1.29 is 32.8 Å². The maximum Gasteiger partial charge on any atom is 0.277 e. The molecule has 0 aliphatic heterocycles. The average molecular weight is 411 g/mol. The van der Waals surface area contributed by atoms with Gasteiger partial charge in [0.05, 0.1) is 23.5 Å². The molecular formula is C19H20F3N3O4. The minimum atomic E-state index is -1.34. The summed E-state index contributed by atoms with van der Waals surface area (Å²) in [5, 5.41) is 10.8. The highest BCUT2D eigenvalue weighted by Gasteiger charge is 2.20. The Balaban J connectivity index is 2.05. The average Bonchev–Trinajstić information content (AvgIpc) is 2.69. The lowest BCUT2D eigenvalue weighted by Gasteiger charge is -2.14. The third kappa shape index (κ3) is 6.19. The zero-order chi connectivity index (χ0) is 21.4. The molecule has 0 unspecified atom stereocenters. The van der Waals surface area contributed by atoms with Crippen molar-refractivity contribution in [2.75, 3.05) is 11.9 Å². The predicted molar refractivity (Wildman–Crippen MR) is 98.0 cm³/mol. The van der Waals surface area contributed by atoms with Gasteiger partial charge in [0.15, 0.2) is 11.6 Å². The van der Waals surface area contributed by atoms with Gasteiger partial charge in [-0.05, 0) is 49.6 Å². The van der Waals surface area contributed by atoms with Crippen LogP contribution in [-0.4, -0.2) is 23.6 Å². The molecule has 0 saturated carbocycles. The number of carbonyl (C=O) groups excluding carboxylic acids is 2. The van der Waals surface area contributed by atoms with E-state index in [4.69, 9.17) is 10.0 Å². The van der Waals surface area contributed by atoms with Crippen molar-refractivity contribution in [1.29, 1.82) is 0 Å². The number of amides is 2. The predicted octanol–water partition coefficient (Wildman–Crippen LogP) is 3.49. The van der Waals surface area contributed by atoms with Crippen LogP contribution < -0.4 is 16.3 Å². The van der Waals surface area contributed by atoms with E-state index in [0.717, 1.165) is 12.1 Å². The van der Waals surface area contributed by atoms with Crippen molar-refractivity contribution in [2.24, 2.45) is 0 Å². The number of carbonyl (C=O) groups is 2. The highest BCUT2D eigenvalue weighted by molar-refractivity contribution is 6.00. The van der Waals surface area contributed by atoms with E-state index in [9.17, 15) is 22.8 Å². The van der Waals surface area contributed by atoms with E-state index >= 15 is 0 Å². The van der Waals surface area contributed by atoms with Gasteiger partial charge in [-0.1, -0.05) is 6.07 Å². The number of hydrogen-bond acceptors (Lipinski definition) is 5. The SMILES string of the molecule is Cc1ccc(Nc2c(C(=O)NOCCCCC(=O)NO)ccc(F)c2F)c(F)c1. The Morgan fingerprint density at radius 3 is 2.52 bits per heavy atom. The summed E-state index contributed by atoms with van der Waals surface area (Å²) in [5.41, 5.74) is 3.26. The highest BCUT2D eigenvalue weighted by atomic mass is 19.2. The third-order valence-corrected chi connectivity index (χ3v) is 3.91. The number of benzene rings is 2. The van der Waals surface area contributed by atoms with Gasteiger partial charge >= 0.3 is 0 Å². The molecule has 0 heterocycles. The second-order valence-electron chi connectivity index (χ2n) is 6.16. The molecule has 4 N–H and O–H groups in total. The normalized spacial score (nSPS) is 10.5. The lowest BCUT2D eigenvalue weighted by atomic mass is 10.1. The monoisotopic (exact) mass is 411 g/mol. The van der Waals surface area contributed by atoms with E-state index in [1.54, 1.807) is 13.0 Å². The molecule has 2 amide bonds. The summed E-state index contributed by atoms with van der Waals surface area (Å²) >= 11 is 0. The van der Waals surface area contributed by atoms with Gasteiger partial charge in [0.25, 0.3) is 5.91 Å². The zero-order valence-electron chi connectivity index (χ0n) is 15.5. The van der Waals surface area contributed by atoms with Gasteiger partial charge < -0.3 is 5.32 Å². The van der Waals surface area contributed by atoms with Crippen LogP contribution in [0.25, 0.3) is 0 Å². The molecule has 0 aromatic heterocycles. The first kappa shape index (κ1) is 22.2. The van der Waals surface area contributed by atoms with Gasteiger partial charge in [-0.3, -0.25) is 19.6 Å². The molecule has 156 valence electrons. The van der Waals surface area contributed by atoms with Crippen LogP contribution >= 0.6 is 0 Å². The lowest BCUT2D eigenvalue weighted by Crippen LogP contribution is -2.25. The fraction of sp³-hybridized carbons (Fsp3) is 0.263. The molecule has 10 heteroatoms. The van der Waals surface area contributed by atoms with Crippen LogP contribution in [0.4, 0.5) is 24.5 Å². The molecule has 0 atom stereocenters. The van der Waals surface area contributed by atoms with Crippen molar-refractivity contribution in [3.63, 3.8) is 0 Å². The molecule has 0 bridgehead atoms. The fourth-order valence-electron chi connectivity index (χ4n) is 2.41. The number of aryl methyl sites for hydroxylation is 1. The summed E-state index contributed by atoms with van der Waals surface area (Å²) in [6.07, 6.45) is 0.866. The first-order chi connectivity index (χ1) is 13.8. The van der Waals surface area contributed by atoms with Crippen LogP contribution in [-0.2, 0) is 9.63 Å². The first-order valence-electron chi connectivity index (χ1n) is 8.69. The molecule has 2 rings (SSSR count). The lowest BCUT2D eigenvalue weighted by molar-refractivity contribution is -0.129. The summed E-state index contributed by atoms with van der Waals surface area (Å²) in [6.45, 7) is 1.71. The molecule has 0 aliphatic rings. The number of hydroxylamine groups is 2. The molecule has 0 radical (unpaired) electrons. The van der Waals surface area contributed by atoms with Gasteiger partial charge in [-0.25, -0.2) is 24.1 Å². The number of unbranched alkanes of at least 4 members (excludes halogenated alkanes) is 1. The van der Waals surface area contributed by atoms with Crippen LogP contribution in [0.3, 0.4) is 0 Å². The topological polar surface area (TPSA) is 99.7 Å². The highest BCUT2D eigenvalue weighted by Crippen LogP contribution is 2.28. The summed E-state index contributed by atoms with van der Waals surface area (Å²) in [5.74, 6) is -4.66. The molecular weight excluding hydrogens is 391 g/mol. The Labute approximate surface area is 164 Å². The van der Waals surface area contributed by atoms with E-state index in [-0.39, 0.29) is 24.3 Å². The Morgan fingerprint density at radius 2 is 1.83 bits per heavy atom. The summed E-state index contributed by atoms with van der Waals surface area (Å²) < 4.78 is 42.0. The quantitative estimate of drug-likeness (QED) is 0.288. The van der Waals surface area contributed by atoms with Crippen LogP contribution in [0, 0.1) is 24.4 Å². The zero-order valence-corrected chi connectivity index (χ0v) is 15.5. The number of anilines is 2. The van der Waals surface area contributed by atoms with E-state index < -0.39 is 35.0 Å². The minimum Gasteiger partial charge on any atom is -0.350 e. The van der Waals surface area contributed by atoms with E-state index in [2.05, 4.69) is 10.8 Å². The molecule has 0 saturated heterocycles. The number of halogens is 3. The van der Waals surface area contributed by atoms with Gasteiger partial charge in [0, 0.05) is 6.42 Å². The molecule has 2 aromatic rings. The summed E-state index contributed by atoms with van der Waals surface area (Å²) in [6, 6.07) is 5.93. The van der Waals surface area contributed by atoms with Crippen molar-refractivity contribution in [2.45, 2.75) is 26.2 Å². The third-order valence-electron chi connectivity index (χ3n) is 3.91. The van der Waals surface area contributed by atoms with Crippen molar-refractivity contribution in [3.8, 4) is 0 Å². The van der Waals surface area contributed by atoms with Gasteiger partial charge in [0.1, 0.15) is 5.82 Å². The second kappa shape index (κ2) is 10.4. The molecule has 7 nitrogen and oxygen atoms in total. The van der Waals surface area contributed by atoms with E-state index in [0.29, 0.717) is 18.4 Å². The van der Waals surface area contributed by atoms with Crippen molar-refractivity contribution >= 4 is 23.2 Å². The Bertz CT molecular complexity index is 893. The smallest absolute Gasteiger partial charge is 0.277 e. The summed E-state index contributed by atoms with van der Waals surface area (Å²) in [4.78, 5) is 28.1. The van der Waals surface area contributed by atoms with Gasteiger partial charge in [-0.2, -0.15) is 0 Å². The molecule has 2 aromatic carbocycles. The van der Waals surface area contributed by atoms with Crippen LogP contribution in [0.1, 0.15) is 35.2 Å².